The number of carbonyl (C=O) groups is 1. The minimum Gasteiger partial charge on any atom is -0.343 e. The van der Waals surface area contributed by atoms with Crippen molar-refractivity contribution in [3.8, 4) is 0 Å². The van der Waals surface area contributed by atoms with Gasteiger partial charge < -0.3 is 9.47 Å². The molecule has 0 rings (SSSR count). The van der Waals surface area contributed by atoms with Gasteiger partial charge in [0.15, 0.2) is 0 Å². The predicted octanol–water partition coefficient (Wildman–Crippen LogP) is 1.97. The lowest BCUT2D eigenvalue weighted by atomic mass is 10.4. The Morgan fingerprint density at radius 3 is 1.77 bits per heavy atom. The molecule has 0 unspecified atom stereocenters. The first-order chi connectivity index (χ1) is 5.97. The molecule has 0 aromatic rings. The maximum absolute atomic E-state index is 11.2. The highest BCUT2D eigenvalue weighted by Gasteiger charge is 2.21. The smallest absolute Gasteiger partial charge is 0.219 e. The van der Waals surface area contributed by atoms with E-state index in [2.05, 4.69) is 0 Å². The number of ether oxygens (including phenoxy) is 2. The Morgan fingerprint density at radius 1 is 1.15 bits per heavy atom. The van der Waals surface area contributed by atoms with Crippen molar-refractivity contribution < 1.29 is 14.3 Å². The molecule has 0 amide bonds. The molecule has 4 heteroatoms. The standard InChI is InChI=1S/C9H17ClO3/c1-6(2)12-9(8(11)5-10)13-7(3)4/h6-7,9H,5H2,1-4H3. The Bertz CT molecular complexity index is 147. The highest BCUT2D eigenvalue weighted by atomic mass is 35.5. The molecule has 0 bridgehead atoms. The first-order valence-corrected chi connectivity index (χ1v) is 4.90. The molecule has 0 radical (unpaired) electrons. The summed E-state index contributed by atoms with van der Waals surface area (Å²) in [6.07, 6.45) is -0.913. The Labute approximate surface area is 84.4 Å². The van der Waals surface area contributed by atoms with Gasteiger partial charge in [-0.05, 0) is 27.7 Å². The number of ketones is 1. The van der Waals surface area contributed by atoms with Crippen LogP contribution >= 0.6 is 11.6 Å². The molecule has 13 heavy (non-hydrogen) atoms. The zero-order valence-corrected chi connectivity index (χ0v) is 9.30. The van der Waals surface area contributed by atoms with Gasteiger partial charge in [0, 0.05) is 0 Å². The molecule has 78 valence electrons. The third-order valence-corrected chi connectivity index (χ3v) is 1.45. The van der Waals surface area contributed by atoms with E-state index < -0.39 is 6.29 Å². The van der Waals surface area contributed by atoms with Crippen LogP contribution in [0.1, 0.15) is 27.7 Å². The minimum absolute atomic E-state index is 0.0454. The van der Waals surface area contributed by atoms with Crippen molar-refractivity contribution in [1.82, 2.24) is 0 Å². The van der Waals surface area contributed by atoms with Crippen molar-refractivity contribution in [1.29, 1.82) is 0 Å². The number of alkyl halides is 1. The summed E-state index contributed by atoms with van der Waals surface area (Å²) in [5, 5.41) is 0. The second-order valence-corrected chi connectivity index (χ2v) is 3.57. The van der Waals surface area contributed by atoms with Gasteiger partial charge in [0.1, 0.15) is 0 Å². The maximum atomic E-state index is 11.2. The number of halogens is 1. The van der Waals surface area contributed by atoms with Crippen LogP contribution in [0.25, 0.3) is 0 Å². The van der Waals surface area contributed by atoms with E-state index in [1.54, 1.807) is 0 Å². The molecule has 0 aliphatic heterocycles. The van der Waals surface area contributed by atoms with Crippen LogP contribution in [0.3, 0.4) is 0 Å². The summed E-state index contributed by atoms with van der Waals surface area (Å²) in [4.78, 5) is 11.2. The molecule has 0 aromatic heterocycles. The van der Waals surface area contributed by atoms with E-state index in [1.807, 2.05) is 27.7 Å². The van der Waals surface area contributed by atoms with Crippen LogP contribution < -0.4 is 0 Å². The average Bonchev–Trinajstić information content (AvgIpc) is 2.00. The van der Waals surface area contributed by atoms with Gasteiger partial charge >= 0.3 is 0 Å². The molecule has 0 fully saturated rings. The normalized spacial score (nSPS) is 11.7. The number of rotatable bonds is 6. The Kier molecular flexibility index (Phi) is 6.29. The average molecular weight is 209 g/mol. The maximum Gasteiger partial charge on any atom is 0.219 e. The van der Waals surface area contributed by atoms with Crippen LogP contribution in [0.5, 0.6) is 0 Å². The molecule has 0 heterocycles. The van der Waals surface area contributed by atoms with Crippen molar-refractivity contribution >= 4 is 17.4 Å². The molecule has 3 nitrogen and oxygen atoms in total. The summed E-state index contributed by atoms with van der Waals surface area (Å²) in [6.45, 7) is 7.38. The van der Waals surface area contributed by atoms with Gasteiger partial charge in [0.2, 0.25) is 12.1 Å². The Balaban J connectivity index is 4.10. The number of hydrogen-bond acceptors (Lipinski definition) is 3. The molecule has 0 aliphatic rings. The van der Waals surface area contributed by atoms with Gasteiger partial charge in [-0.1, -0.05) is 0 Å². The number of Topliss-reactive ketones (excluding diaryl/α,β-unsaturated/α-hetero) is 1. The van der Waals surface area contributed by atoms with E-state index in [9.17, 15) is 4.79 Å². The highest BCUT2D eigenvalue weighted by Crippen LogP contribution is 2.06. The topological polar surface area (TPSA) is 35.5 Å². The second-order valence-electron chi connectivity index (χ2n) is 3.30. The summed E-state index contributed by atoms with van der Waals surface area (Å²) in [6, 6.07) is 0. The van der Waals surface area contributed by atoms with E-state index in [0.717, 1.165) is 0 Å². The Morgan fingerprint density at radius 2 is 1.54 bits per heavy atom. The van der Waals surface area contributed by atoms with Gasteiger partial charge in [0.05, 0.1) is 18.1 Å². The zero-order chi connectivity index (χ0) is 10.4. The van der Waals surface area contributed by atoms with Crippen molar-refractivity contribution in [2.75, 3.05) is 5.88 Å². The van der Waals surface area contributed by atoms with Crippen molar-refractivity contribution in [3.63, 3.8) is 0 Å². The van der Waals surface area contributed by atoms with Crippen LogP contribution in [0.2, 0.25) is 0 Å². The Hall–Kier alpha value is -0.120. The van der Waals surface area contributed by atoms with Crippen LogP contribution in [-0.4, -0.2) is 30.2 Å². The van der Waals surface area contributed by atoms with Gasteiger partial charge in [-0.15, -0.1) is 11.6 Å². The van der Waals surface area contributed by atoms with Crippen molar-refractivity contribution in [2.45, 2.75) is 46.2 Å². The molecule has 0 saturated heterocycles. The molecule has 0 spiro atoms. The summed E-state index contributed by atoms with van der Waals surface area (Å²) in [7, 11) is 0. The van der Waals surface area contributed by atoms with Crippen molar-refractivity contribution in [3.05, 3.63) is 0 Å². The summed E-state index contributed by atoms with van der Waals surface area (Å²) >= 11 is 5.40. The molecular weight excluding hydrogens is 192 g/mol. The summed E-state index contributed by atoms with van der Waals surface area (Å²) in [5.41, 5.74) is 0. The van der Waals surface area contributed by atoms with Gasteiger partial charge in [-0.3, -0.25) is 4.79 Å². The molecule has 0 N–H and O–H groups in total. The van der Waals surface area contributed by atoms with E-state index >= 15 is 0 Å². The molecule has 0 aromatic carbocycles. The zero-order valence-electron chi connectivity index (χ0n) is 8.54. The highest BCUT2D eigenvalue weighted by molar-refractivity contribution is 6.28. The third kappa shape index (κ3) is 6.02. The van der Waals surface area contributed by atoms with Crippen LogP contribution in [-0.2, 0) is 14.3 Å². The number of carbonyl (C=O) groups excluding carboxylic acids is 1. The van der Waals surface area contributed by atoms with Crippen molar-refractivity contribution in [2.24, 2.45) is 0 Å². The quantitative estimate of drug-likeness (QED) is 0.495. The SMILES string of the molecule is CC(C)OC(OC(C)C)C(=O)CCl. The molecule has 0 atom stereocenters. The van der Waals surface area contributed by atoms with Gasteiger partial charge in [0.25, 0.3) is 0 Å². The first kappa shape index (κ1) is 12.9. The van der Waals surface area contributed by atoms with Gasteiger partial charge in [-0.25, -0.2) is 0 Å². The van der Waals surface area contributed by atoms with Gasteiger partial charge in [-0.2, -0.15) is 0 Å². The van der Waals surface area contributed by atoms with Crippen LogP contribution in [0.4, 0.5) is 0 Å². The monoisotopic (exact) mass is 208 g/mol. The van der Waals surface area contributed by atoms with E-state index in [0.29, 0.717) is 0 Å². The molecule has 0 saturated carbocycles. The lowest BCUT2D eigenvalue weighted by Crippen LogP contribution is -2.33. The molecular formula is C9H17ClO3. The minimum atomic E-state index is -0.822. The van der Waals surface area contributed by atoms with E-state index in [-0.39, 0.29) is 23.9 Å². The van der Waals surface area contributed by atoms with E-state index in [1.165, 1.54) is 0 Å². The lowest BCUT2D eigenvalue weighted by molar-refractivity contribution is -0.188. The summed E-state index contributed by atoms with van der Waals surface area (Å²) < 4.78 is 10.5. The fourth-order valence-corrected chi connectivity index (χ4v) is 0.867. The largest absolute Gasteiger partial charge is 0.343 e. The fourth-order valence-electron chi connectivity index (χ4n) is 0.741. The fraction of sp³-hybridized carbons (Fsp3) is 0.889. The lowest BCUT2D eigenvalue weighted by Gasteiger charge is -2.20. The predicted molar refractivity (Wildman–Crippen MR) is 52.0 cm³/mol. The summed E-state index contributed by atoms with van der Waals surface area (Å²) in [5.74, 6) is -0.312. The van der Waals surface area contributed by atoms with Crippen LogP contribution in [0, 0.1) is 0 Å². The van der Waals surface area contributed by atoms with E-state index in [4.69, 9.17) is 21.1 Å². The van der Waals surface area contributed by atoms with Crippen LogP contribution in [0.15, 0.2) is 0 Å². The number of hydrogen-bond donors (Lipinski definition) is 0. The third-order valence-electron chi connectivity index (χ3n) is 1.19. The first-order valence-electron chi connectivity index (χ1n) is 4.37. The second kappa shape index (κ2) is 6.35. The molecule has 0 aliphatic carbocycles.